The van der Waals surface area contributed by atoms with Crippen molar-refractivity contribution in [2.24, 2.45) is 0 Å². The second-order valence-corrected chi connectivity index (χ2v) is 8.85. The minimum absolute atomic E-state index is 0. The Labute approximate surface area is 219 Å². The molecule has 3 N–H and O–H groups in total. The molecule has 34 heavy (non-hydrogen) atoms. The van der Waals surface area contributed by atoms with Gasteiger partial charge in [0.25, 0.3) is 0 Å². The van der Waals surface area contributed by atoms with Crippen LogP contribution in [0.2, 0.25) is 0 Å². The first kappa shape index (κ1) is 31.6. The summed E-state index contributed by atoms with van der Waals surface area (Å²) in [6, 6.07) is 12.9. The van der Waals surface area contributed by atoms with Crippen LogP contribution in [0.1, 0.15) is 50.1 Å². The molecule has 0 heterocycles. The Morgan fingerprint density at radius 2 is 0.529 bits per heavy atom. The van der Waals surface area contributed by atoms with Gasteiger partial charge in [-0.05, 0) is 95.7 Å². The van der Waals surface area contributed by atoms with Crippen LogP contribution in [0.25, 0.3) is 0 Å². The summed E-state index contributed by atoms with van der Waals surface area (Å²) in [5.41, 5.74) is 14.9. The van der Waals surface area contributed by atoms with Crippen LogP contribution < -0.4 is 16.0 Å². The Hall–Kier alpha value is -2.42. The Bertz CT molecular complexity index is 865. The zero-order chi connectivity index (χ0) is 25.3. The minimum Gasteiger partial charge on any atom is -0.538 e. The molecular formula is C30H42CuN3-3. The van der Waals surface area contributed by atoms with Crippen molar-refractivity contribution in [3.8, 4) is 0 Å². The molecule has 3 aromatic carbocycles. The molecule has 0 saturated heterocycles. The van der Waals surface area contributed by atoms with Crippen LogP contribution in [0.3, 0.4) is 0 Å². The molecule has 1 radical (unpaired) electrons. The molecule has 0 spiro atoms. The summed E-state index contributed by atoms with van der Waals surface area (Å²) in [5, 5.41) is 8.82. The van der Waals surface area contributed by atoms with Crippen LogP contribution in [0.15, 0.2) is 36.4 Å². The van der Waals surface area contributed by atoms with Gasteiger partial charge >= 0.3 is 0 Å². The first-order valence-electron chi connectivity index (χ1n) is 11.3. The first-order chi connectivity index (χ1) is 15.4. The van der Waals surface area contributed by atoms with E-state index < -0.39 is 0 Å². The van der Waals surface area contributed by atoms with E-state index in [-0.39, 0.29) is 17.1 Å². The molecule has 3 rings (SSSR count). The van der Waals surface area contributed by atoms with Gasteiger partial charge in [-0.3, -0.25) is 21.1 Å². The number of hydrogen-bond donors (Lipinski definition) is 3. The van der Waals surface area contributed by atoms with Crippen LogP contribution in [-0.2, 0) is 17.1 Å². The quantitative estimate of drug-likeness (QED) is 0.246. The van der Waals surface area contributed by atoms with Gasteiger partial charge in [0.15, 0.2) is 0 Å². The van der Waals surface area contributed by atoms with E-state index in [1.165, 1.54) is 50.1 Å². The van der Waals surface area contributed by atoms with E-state index in [0.717, 1.165) is 17.1 Å². The fourth-order valence-corrected chi connectivity index (χ4v) is 4.38. The van der Waals surface area contributed by atoms with Crippen LogP contribution in [-0.4, -0.2) is 0 Å². The Kier molecular flexibility index (Phi) is 13.7. The molecule has 0 unspecified atom stereocenters. The molecule has 0 bridgehead atoms. The standard InChI is InChI=1S/3C10H14N.Cu/c3*1-7-5-8(2)10(11-4)9(3)6-7;/h3*5-6,11H,4H2,1-3H3;/q3*-1;. The Morgan fingerprint density at radius 3 is 0.647 bits per heavy atom. The molecule has 0 saturated carbocycles. The fraction of sp³-hybridized carbons (Fsp3) is 0.300. The average Bonchev–Trinajstić information content (AvgIpc) is 2.68. The maximum absolute atomic E-state index is 3.66. The van der Waals surface area contributed by atoms with Crippen molar-refractivity contribution in [3.05, 3.63) is 108 Å². The van der Waals surface area contributed by atoms with Gasteiger partial charge in [0.05, 0.1) is 0 Å². The number of benzene rings is 3. The average molecular weight is 508 g/mol. The van der Waals surface area contributed by atoms with Crippen molar-refractivity contribution < 1.29 is 17.1 Å². The van der Waals surface area contributed by atoms with Gasteiger partial charge in [-0.2, -0.15) is 0 Å². The molecule has 0 amide bonds. The maximum atomic E-state index is 3.66. The summed E-state index contributed by atoms with van der Waals surface area (Å²) >= 11 is 0. The topological polar surface area (TPSA) is 36.1 Å². The summed E-state index contributed by atoms with van der Waals surface area (Å²) in [7, 11) is 11.0. The molecule has 191 valence electrons. The van der Waals surface area contributed by atoms with E-state index in [1.807, 2.05) is 0 Å². The summed E-state index contributed by atoms with van der Waals surface area (Å²) in [4.78, 5) is 0. The summed E-state index contributed by atoms with van der Waals surface area (Å²) in [5.74, 6) is 0. The Balaban J connectivity index is 0.000000473. The van der Waals surface area contributed by atoms with E-state index in [0.29, 0.717) is 0 Å². The van der Waals surface area contributed by atoms with Gasteiger partial charge in [0.2, 0.25) is 0 Å². The molecular weight excluding hydrogens is 466 g/mol. The third kappa shape index (κ3) is 9.08. The van der Waals surface area contributed by atoms with Gasteiger partial charge in [-0.1, -0.05) is 53.1 Å². The minimum atomic E-state index is 0. The van der Waals surface area contributed by atoms with E-state index >= 15 is 0 Å². The predicted molar refractivity (Wildman–Crippen MR) is 149 cm³/mol. The van der Waals surface area contributed by atoms with Crippen LogP contribution in [0.4, 0.5) is 17.1 Å². The van der Waals surface area contributed by atoms with Gasteiger partial charge in [-0.15, -0.1) is 0 Å². The number of hydrogen-bond acceptors (Lipinski definition) is 3. The van der Waals surface area contributed by atoms with Crippen LogP contribution in [0, 0.1) is 83.5 Å². The van der Waals surface area contributed by atoms with Gasteiger partial charge in [0, 0.05) is 34.1 Å². The number of anilines is 3. The Morgan fingerprint density at radius 1 is 0.382 bits per heavy atom. The molecule has 4 heteroatoms. The molecule has 3 aromatic rings. The molecule has 0 aliphatic carbocycles. The molecule has 0 aliphatic rings. The zero-order valence-corrected chi connectivity index (χ0v) is 23.3. The summed E-state index contributed by atoms with van der Waals surface area (Å²) in [6.07, 6.45) is 0. The molecule has 0 atom stereocenters. The predicted octanol–water partition coefficient (Wildman–Crippen LogP) is 8.44. The number of aryl methyl sites for hydroxylation is 9. The van der Waals surface area contributed by atoms with Crippen LogP contribution in [0.5, 0.6) is 0 Å². The van der Waals surface area contributed by atoms with Crippen molar-refractivity contribution in [2.75, 3.05) is 16.0 Å². The molecule has 0 fully saturated rings. The SMILES string of the molecule is [CH2-]Nc1c(C)cc(C)cc1C.[CH2-]Nc1c(C)cc(C)cc1C.[CH2-]Nc1c(C)cc(C)cc1C.[Cu]. The summed E-state index contributed by atoms with van der Waals surface area (Å²) in [6.45, 7) is 18.9. The van der Waals surface area contributed by atoms with E-state index in [9.17, 15) is 0 Å². The van der Waals surface area contributed by atoms with Crippen molar-refractivity contribution in [1.82, 2.24) is 0 Å². The molecule has 0 aliphatic heterocycles. The molecule has 3 nitrogen and oxygen atoms in total. The van der Waals surface area contributed by atoms with E-state index in [4.69, 9.17) is 0 Å². The van der Waals surface area contributed by atoms with E-state index in [1.54, 1.807) is 0 Å². The monoisotopic (exact) mass is 507 g/mol. The van der Waals surface area contributed by atoms with Crippen molar-refractivity contribution in [3.63, 3.8) is 0 Å². The second-order valence-electron chi connectivity index (χ2n) is 8.85. The second kappa shape index (κ2) is 14.8. The van der Waals surface area contributed by atoms with Gasteiger partial charge < -0.3 is 16.0 Å². The smallest absolute Gasteiger partial charge is 0.0104 e. The summed E-state index contributed by atoms with van der Waals surface area (Å²) < 4.78 is 0. The zero-order valence-electron chi connectivity index (χ0n) is 22.4. The normalized spacial score (nSPS) is 9.53. The maximum Gasteiger partial charge on any atom is 0.0104 e. The number of nitrogens with one attached hydrogen (secondary N) is 3. The first-order valence-corrected chi connectivity index (χ1v) is 11.3. The fourth-order valence-electron chi connectivity index (χ4n) is 4.38. The van der Waals surface area contributed by atoms with E-state index in [2.05, 4.69) is 136 Å². The third-order valence-electron chi connectivity index (χ3n) is 5.56. The molecule has 0 aromatic heterocycles. The van der Waals surface area contributed by atoms with Crippen molar-refractivity contribution in [1.29, 1.82) is 0 Å². The number of rotatable bonds is 3. The van der Waals surface area contributed by atoms with Gasteiger partial charge in [-0.25, -0.2) is 0 Å². The van der Waals surface area contributed by atoms with Crippen LogP contribution >= 0.6 is 0 Å². The van der Waals surface area contributed by atoms with Gasteiger partial charge in [0.1, 0.15) is 0 Å². The van der Waals surface area contributed by atoms with Crippen molar-refractivity contribution >= 4 is 17.1 Å². The largest absolute Gasteiger partial charge is 0.538 e. The third-order valence-corrected chi connectivity index (χ3v) is 5.56. The van der Waals surface area contributed by atoms with Crippen molar-refractivity contribution in [2.45, 2.75) is 62.3 Å².